The van der Waals surface area contributed by atoms with Gasteiger partial charge in [0.25, 0.3) is 0 Å². The molecule has 0 aliphatic carbocycles. The molecule has 1 heterocycles. The third kappa shape index (κ3) is 3.24. The second kappa shape index (κ2) is 6.73. The highest BCUT2D eigenvalue weighted by Gasteiger charge is 2.31. The van der Waals surface area contributed by atoms with Crippen LogP contribution >= 0.6 is 11.6 Å². The molecule has 2 amide bonds. The van der Waals surface area contributed by atoms with E-state index in [-0.39, 0.29) is 18.2 Å². The Kier molecular flexibility index (Phi) is 4.50. The lowest BCUT2D eigenvalue weighted by molar-refractivity contribution is -0.126. The van der Waals surface area contributed by atoms with E-state index in [1.807, 2.05) is 6.07 Å². The monoisotopic (exact) mass is 339 g/mol. The van der Waals surface area contributed by atoms with Gasteiger partial charge in [0, 0.05) is 17.1 Å². The second-order valence-corrected chi connectivity index (χ2v) is 5.95. The van der Waals surface area contributed by atoms with Crippen LogP contribution < -0.4 is 10.6 Å². The summed E-state index contributed by atoms with van der Waals surface area (Å²) in [4.78, 5) is 24.5. The van der Waals surface area contributed by atoms with Crippen molar-refractivity contribution in [3.8, 4) is 6.07 Å². The highest BCUT2D eigenvalue weighted by Crippen LogP contribution is 2.32. The Balaban J connectivity index is 1.84. The molecule has 6 heteroatoms. The molecular formula is C18H14ClN3O2. The summed E-state index contributed by atoms with van der Waals surface area (Å²) in [5.41, 5.74) is 1.98. The largest absolute Gasteiger partial charge is 0.336 e. The van der Waals surface area contributed by atoms with E-state index in [0.29, 0.717) is 16.3 Å². The fourth-order valence-corrected chi connectivity index (χ4v) is 2.96. The van der Waals surface area contributed by atoms with Gasteiger partial charge in [-0.2, -0.15) is 5.26 Å². The summed E-state index contributed by atoms with van der Waals surface area (Å²) in [6.45, 7) is 0. The lowest BCUT2D eigenvalue weighted by Crippen LogP contribution is -2.36. The quantitative estimate of drug-likeness (QED) is 0.901. The number of halogens is 1. The number of nitriles is 1. The number of amides is 2. The molecule has 3 rings (SSSR count). The molecule has 120 valence electrons. The third-order valence-corrected chi connectivity index (χ3v) is 4.15. The first-order valence-electron chi connectivity index (χ1n) is 7.42. The van der Waals surface area contributed by atoms with E-state index in [1.165, 1.54) is 0 Å². The van der Waals surface area contributed by atoms with E-state index < -0.39 is 12.0 Å². The molecule has 0 fully saturated rings. The first-order valence-corrected chi connectivity index (χ1v) is 7.80. The molecule has 2 N–H and O–H groups in total. The topological polar surface area (TPSA) is 82.0 Å². The van der Waals surface area contributed by atoms with Crippen LogP contribution in [0, 0.1) is 11.3 Å². The van der Waals surface area contributed by atoms with Gasteiger partial charge < -0.3 is 10.6 Å². The number of carbonyl (C=O) groups excluding carboxylic acids is 2. The Morgan fingerprint density at radius 3 is 2.83 bits per heavy atom. The number of carbonyl (C=O) groups is 2. The summed E-state index contributed by atoms with van der Waals surface area (Å²) in [6.07, 6.45) is 0.0521. The Morgan fingerprint density at radius 1 is 1.29 bits per heavy atom. The van der Waals surface area contributed by atoms with Crippen molar-refractivity contribution in [2.24, 2.45) is 0 Å². The molecule has 0 saturated heterocycles. The van der Waals surface area contributed by atoms with Crippen LogP contribution in [0.3, 0.4) is 0 Å². The number of fused-ring (bicyclic) bond motifs is 1. The number of benzene rings is 2. The SMILES string of the molecule is N#CC(NC(=O)C1CC(=O)Nc2ccccc21)c1cccc(Cl)c1. The van der Waals surface area contributed by atoms with Crippen LogP contribution in [-0.4, -0.2) is 11.8 Å². The molecule has 24 heavy (non-hydrogen) atoms. The van der Waals surface area contributed by atoms with Crippen molar-refractivity contribution in [2.45, 2.75) is 18.4 Å². The lowest BCUT2D eigenvalue weighted by atomic mass is 9.89. The number of para-hydroxylation sites is 1. The van der Waals surface area contributed by atoms with E-state index in [1.54, 1.807) is 42.5 Å². The zero-order valence-corrected chi connectivity index (χ0v) is 13.4. The van der Waals surface area contributed by atoms with Crippen LogP contribution in [0.1, 0.15) is 29.5 Å². The van der Waals surface area contributed by atoms with Crippen LogP contribution in [0.5, 0.6) is 0 Å². The molecule has 2 aromatic rings. The second-order valence-electron chi connectivity index (χ2n) is 5.52. The number of nitrogens with one attached hydrogen (secondary N) is 2. The summed E-state index contributed by atoms with van der Waals surface area (Å²) in [7, 11) is 0. The number of nitrogens with zero attached hydrogens (tertiary/aromatic N) is 1. The zero-order valence-electron chi connectivity index (χ0n) is 12.6. The predicted molar refractivity (Wildman–Crippen MR) is 90.4 cm³/mol. The van der Waals surface area contributed by atoms with Gasteiger partial charge in [-0.15, -0.1) is 0 Å². The smallest absolute Gasteiger partial charge is 0.229 e. The number of hydrogen-bond donors (Lipinski definition) is 2. The highest BCUT2D eigenvalue weighted by molar-refractivity contribution is 6.30. The summed E-state index contributed by atoms with van der Waals surface area (Å²) in [5, 5.41) is 15.3. The van der Waals surface area contributed by atoms with Crippen molar-refractivity contribution >= 4 is 29.1 Å². The minimum absolute atomic E-state index is 0.0521. The standard InChI is InChI=1S/C18H14ClN3O2/c19-12-5-3-4-11(8-12)16(10-20)22-18(24)14-9-17(23)21-15-7-2-1-6-13(14)15/h1-8,14,16H,9H2,(H,21,23)(H,22,24). The number of anilines is 1. The molecule has 0 bridgehead atoms. The maximum atomic E-state index is 12.7. The molecule has 0 aromatic heterocycles. The van der Waals surface area contributed by atoms with E-state index in [0.717, 1.165) is 5.56 Å². The lowest BCUT2D eigenvalue weighted by Gasteiger charge is -2.25. The van der Waals surface area contributed by atoms with E-state index in [2.05, 4.69) is 16.7 Å². The number of rotatable bonds is 3. The molecule has 0 saturated carbocycles. The van der Waals surface area contributed by atoms with Crippen molar-refractivity contribution in [1.82, 2.24) is 5.32 Å². The maximum absolute atomic E-state index is 12.7. The van der Waals surface area contributed by atoms with Crippen molar-refractivity contribution in [2.75, 3.05) is 5.32 Å². The minimum atomic E-state index is -0.826. The van der Waals surface area contributed by atoms with Crippen LogP contribution in [0.25, 0.3) is 0 Å². The average molecular weight is 340 g/mol. The molecule has 1 aliphatic rings. The fourth-order valence-electron chi connectivity index (χ4n) is 2.76. The summed E-state index contributed by atoms with van der Waals surface area (Å²) < 4.78 is 0. The molecule has 2 aromatic carbocycles. The first-order chi connectivity index (χ1) is 11.6. The highest BCUT2D eigenvalue weighted by atomic mass is 35.5. The van der Waals surface area contributed by atoms with Crippen LogP contribution in [0.4, 0.5) is 5.69 Å². The van der Waals surface area contributed by atoms with Gasteiger partial charge in [0.1, 0.15) is 6.04 Å². The molecular weight excluding hydrogens is 326 g/mol. The normalized spacial score (nSPS) is 17.2. The number of hydrogen-bond acceptors (Lipinski definition) is 3. The van der Waals surface area contributed by atoms with Crippen molar-refractivity contribution in [1.29, 1.82) is 5.26 Å². The van der Waals surface area contributed by atoms with Gasteiger partial charge in [-0.1, -0.05) is 41.9 Å². The molecule has 1 aliphatic heterocycles. The van der Waals surface area contributed by atoms with Gasteiger partial charge in [0.05, 0.1) is 12.0 Å². The maximum Gasteiger partial charge on any atom is 0.229 e. The van der Waals surface area contributed by atoms with Gasteiger partial charge in [0.15, 0.2) is 0 Å². The van der Waals surface area contributed by atoms with Gasteiger partial charge in [-0.05, 0) is 29.3 Å². The van der Waals surface area contributed by atoms with Crippen molar-refractivity contribution < 1.29 is 9.59 Å². The molecule has 5 nitrogen and oxygen atoms in total. The fraction of sp³-hybridized carbons (Fsp3) is 0.167. The molecule has 2 atom stereocenters. The Bertz CT molecular complexity index is 844. The summed E-state index contributed by atoms with van der Waals surface area (Å²) in [5.74, 6) is -1.20. The van der Waals surface area contributed by atoms with E-state index >= 15 is 0 Å². The molecule has 0 radical (unpaired) electrons. The van der Waals surface area contributed by atoms with Crippen LogP contribution in [0.15, 0.2) is 48.5 Å². The molecule has 0 spiro atoms. The van der Waals surface area contributed by atoms with Gasteiger partial charge >= 0.3 is 0 Å². The van der Waals surface area contributed by atoms with Gasteiger partial charge in [-0.25, -0.2) is 0 Å². The average Bonchev–Trinajstić information content (AvgIpc) is 2.58. The van der Waals surface area contributed by atoms with Crippen LogP contribution in [-0.2, 0) is 9.59 Å². The predicted octanol–water partition coefficient (Wildman–Crippen LogP) is 3.15. The molecule has 2 unspecified atom stereocenters. The van der Waals surface area contributed by atoms with Crippen molar-refractivity contribution in [3.05, 3.63) is 64.7 Å². The van der Waals surface area contributed by atoms with E-state index in [9.17, 15) is 14.9 Å². The zero-order chi connectivity index (χ0) is 17.1. The Morgan fingerprint density at radius 2 is 2.08 bits per heavy atom. The summed E-state index contributed by atoms with van der Waals surface area (Å²) in [6, 6.07) is 15.2. The Labute approximate surface area is 144 Å². The van der Waals surface area contributed by atoms with E-state index in [4.69, 9.17) is 11.6 Å². The van der Waals surface area contributed by atoms with Gasteiger partial charge in [0.2, 0.25) is 11.8 Å². The summed E-state index contributed by atoms with van der Waals surface area (Å²) >= 11 is 5.94. The third-order valence-electron chi connectivity index (χ3n) is 3.91. The Hall–Kier alpha value is -2.84. The minimum Gasteiger partial charge on any atom is -0.336 e. The first kappa shape index (κ1) is 16.0. The van der Waals surface area contributed by atoms with Crippen molar-refractivity contribution in [3.63, 3.8) is 0 Å². The van der Waals surface area contributed by atoms with Gasteiger partial charge in [-0.3, -0.25) is 9.59 Å². The van der Waals surface area contributed by atoms with Crippen LogP contribution in [0.2, 0.25) is 5.02 Å².